The van der Waals surface area contributed by atoms with Gasteiger partial charge in [0.25, 0.3) is 5.91 Å². The Morgan fingerprint density at radius 2 is 1.97 bits per heavy atom. The molecule has 1 heterocycles. The summed E-state index contributed by atoms with van der Waals surface area (Å²) < 4.78 is 1.73. The lowest BCUT2D eigenvalue weighted by molar-refractivity contribution is 0.101. The van der Waals surface area contributed by atoms with E-state index in [9.17, 15) is 4.79 Å². The average molecular weight is 403 g/mol. The van der Waals surface area contributed by atoms with Gasteiger partial charge in [0.05, 0.1) is 23.1 Å². The molecule has 5 nitrogen and oxygen atoms in total. The number of hydrogen-bond donors (Lipinski definition) is 1. The van der Waals surface area contributed by atoms with Crippen molar-refractivity contribution in [2.24, 2.45) is 0 Å². The van der Waals surface area contributed by atoms with Gasteiger partial charge in [-0.1, -0.05) is 37.3 Å². The van der Waals surface area contributed by atoms with Gasteiger partial charge in [0.2, 0.25) is 0 Å². The fraction of sp³-hybridized carbons (Fsp3) is 0.261. The Morgan fingerprint density at radius 1 is 1.24 bits per heavy atom. The van der Waals surface area contributed by atoms with E-state index in [2.05, 4.69) is 11.4 Å². The van der Waals surface area contributed by atoms with Crippen molar-refractivity contribution in [3.63, 3.8) is 0 Å². The Morgan fingerprint density at radius 3 is 2.69 bits per heavy atom. The maximum Gasteiger partial charge on any atom is 0.274 e. The van der Waals surface area contributed by atoms with Crippen LogP contribution in [0.3, 0.4) is 0 Å². The van der Waals surface area contributed by atoms with Crippen LogP contribution < -0.4 is 5.32 Å². The first-order chi connectivity index (χ1) is 14.2. The molecule has 4 rings (SSSR count). The lowest BCUT2D eigenvalue weighted by Gasteiger charge is -2.14. The summed E-state index contributed by atoms with van der Waals surface area (Å²) in [7, 11) is 0. The highest BCUT2D eigenvalue weighted by molar-refractivity contribution is 8.00. The van der Waals surface area contributed by atoms with Crippen LogP contribution in [0.5, 0.6) is 0 Å². The van der Waals surface area contributed by atoms with E-state index in [1.807, 2.05) is 67.6 Å². The summed E-state index contributed by atoms with van der Waals surface area (Å²) in [5.74, 6) is 0.274. The lowest BCUT2D eigenvalue weighted by Crippen LogP contribution is -2.17. The van der Waals surface area contributed by atoms with E-state index in [1.165, 1.54) is 0 Å². The number of aromatic nitrogens is 2. The minimum absolute atomic E-state index is 0.148. The van der Waals surface area contributed by atoms with Crippen molar-refractivity contribution in [1.82, 2.24) is 9.78 Å². The van der Waals surface area contributed by atoms with Gasteiger partial charge < -0.3 is 5.32 Å². The topological polar surface area (TPSA) is 70.7 Å². The monoisotopic (exact) mass is 402 g/mol. The maximum absolute atomic E-state index is 13.2. The highest BCUT2D eigenvalue weighted by Crippen LogP contribution is 2.40. The molecule has 1 aromatic heterocycles. The van der Waals surface area contributed by atoms with E-state index in [1.54, 1.807) is 16.4 Å². The van der Waals surface area contributed by atoms with Crippen molar-refractivity contribution in [3.05, 3.63) is 72.1 Å². The standard InChI is InChI=1S/C23H22N4OS/c1-16(13-14-24)29-22-10-6-5-9-19(22)25-23(28)21-15-20(17-11-12-17)26-27(21)18-7-3-2-4-8-18/h2-10,15-17H,11-13H2,1H3,(H,25,28)/t16-/m1/s1. The predicted molar refractivity (Wildman–Crippen MR) is 115 cm³/mol. The van der Waals surface area contributed by atoms with Gasteiger partial charge in [-0.05, 0) is 43.2 Å². The number of benzene rings is 2. The lowest BCUT2D eigenvalue weighted by atomic mass is 10.2. The van der Waals surface area contributed by atoms with Gasteiger partial charge in [0.1, 0.15) is 5.69 Å². The molecule has 2 aromatic carbocycles. The second-order valence-electron chi connectivity index (χ2n) is 7.22. The first kappa shape index (κ1) is 19.3. The zero-order chi connectivity index (χ0) is 20.2. The summed E-state index contributed by atoms with van der Waals surface area (Å²) in [5, 5.41) is 16.8. The number of thioether (sulfide) groups is 1. The molecule has 1 fully saturated rings. The van der Waals surface area contributed by atoms with E-state index in [0.29, 0.717) is 18.0 Å². The highest BCUT2D eigenvalue weighted by atomic mass is 32.2. The second kappa shape index (κ2) is 8.54. The minimum Gasteiger partial charge on any atom is -0.320 e. The number of nitrogens with one attached hydrogen (secondary N) is 1. The smallest absolute Gasteiger partial charge is 0.274 e. The highest BCUT2D eigenvalue weighted by Gasteiger charge is 2.29. The summed E-state index contributed by atoms with van der Waals surface area (Å²) in [4.78, 5) is 14.2. The van der Waals surface area contributed by atoms with Gasteiger partial charge in [0, 0.05) is 22.5 Å². The molecular weight excluding hydrogens is 380 g/mol. The number of carbonyl (C=O) groups is 1. The molecule has 1 aliphatic rings. The van der Waals surface area contributed by atoms with Crippen molar-refractivity contribution < 1.29 is 4.79 Å². The van der Waals surface area contributed by atoms with E-state index < -0.39 is 0 Å². The fourth-order valence-electron chi connectivity index (χ4n) is 3.15. The third-order valence-electron chi connectivity index (χ3n) is 4.80. The van der Waals surface area contributed by atoms with Gasteiger partial charge in [-0.15, -0.1) is 11.8 Å². The fourth-order valence-corrected chi connectivity index (χ4v) is 4.15. The molecule has 0 bridgehead atoms. The van der Waals surface area contributed by atoms with Gasteiger partial charge in [-0.25, -0.2) is 4.68 Å². The zero-order valence-electron chi connectivity index (χ0n) is 16.2. The maximum atomic E-state index is 13.2. The van der Waals surface area contributed by atoms with Crippen LogP contribution in [0.2, 0.25) is 0 Å². The van der Waals surface area contributed by atoms with Crippen LogP contribution in [-0.4, -0.2) is 20.9 Å². The van der Waals surface area contributed by atoms with Crippen molar-refractivity contribution in [1.29, 1.82) is 5.26 Å². The van der Waals surface area contributed by atoms with Crippen LogP contribution in [0.4, 0.5) is 5.69 Å². The van der Waals surface area contributed by atoms with Crippen LogP contribution in [0.25, 0.3) is 5.69 Å². The van der Waals surface area contributed by atoms with Gasteiger partial charge in [-0.3, -0.25) is 4.79 Å². The number of carbonyl (C=O) groups excluding carboxylic acids is 1. The second-order valence-corrected chi connectivity index (χ2v) is 8.70. The Labute approximate surface area is 174 Å². The number of amides is 1. The molecule has 3 aromatic rings. The molecule has 6 heteroatoms. The van der Waals surface area contributed by atoms with Gasteiger partial charge >= 0.3 is 0 Å². The number of rotatable bonds is 7. The van der Waals surface area contributed by atoms with Gasteiger partial charge in [-0.2, -0.15) is 10.4 Å². The van der Waals surface area contributed by atoms with Crippen molar-refractivity contribution in [2.75, 3.05) is 5.32 Å². The molecule has 0 radical (unpaired) electrons. The summed E-state index contributed by atoms with van der Waals surface area (Å²) in [5.41, 5.74) is 3.13. The Bertz CT molecular complexity index is 1050. The third kappa shape index (κ3) is 4.52. The summed E-state index contributed by atoms with van der Waals surface area (Å²) in [6.45, 7) is 2.01. The number of hydrogen-bond acceptors (Lipinski definition) is 4. The SMILES string of the molecule is C[C@H](CC#N)Sc1ccccc1NC(=O)c1cc(C2CC2)nn1-c1ccccc1. The summed E-state index contributed by atoms with van der Waals surface area (Å²) in [6, 6.07) is 21.6. The number of para-hydroxylation sites is 2. The number of nitriles is 1. The summed E-state index contributed by atoms with van der Waals surface area (Å²) in [6.07, 6.45) is 2.71. The minimum atomic E-state index is -0.186. The van der Waals surface area contributed by atoms with E-state index in [4.69, 9.17) is 10.4 Å². The zero-order valence-corrected chi connectivity index (χ0v) is 17.0. The molecule has 29 heavy (non-hydrogen) atoms. The Balaban J connectivity index is 1.62. The number of anilines is 1. The molecule has 0 aliphatic heterocycles. The summed E-state index contributed by atoms with van der Waals surface area (Å²) >= 11 is 1.59. The molecule has 0 spiro atoms. The quantitative estimate of drug-likeness (QED) is 0.538. The van der Waals surface area contributed by atoms with Crippen LogP contribution in [0.15, 0.2) is 65.6 Å². The van der Waals surface area contributed by atoms with E-state index >= 15 is 0 Å². The largest absolute Gasteiger partial charge is 0.320 e. The van der Waals surface area contributed by atoms with Crippen LogP contribution in [0, 0.1) is 11.3 Å². The van der Waals surface area contributed by atoms with Crippen molar-refractivity contribution >= 4 is 23.4 Å². The van der Waals surface area contributed by atoms with E-state index in [-0.39, 0.29) is 11.2 Å². The van der Waals surface area contributed by atoms with E-state index in [0.717, 1.165) is 34.8 Å². The molecule has 1 aliphatic carbocycles. The molecule has 1 atom stereocenters. The molecule has 0 unspecified atom stereocenters. The molecule has 1 N–H and O–H groups in total. The molecule has 146 valence electrons. The first-order valence-corrected chi connectivity index (χ1v) is 10.6. The predicted octanol–water partition coefficient (Wildman–Crippen LogP) is 5.40. The third-order valence-corrected chi connectivity index (χ3v) is 5.98. The number of nitrogens with zero attached hydrogens (tertiary/aromatic N) is 3. The van der Waals surface area contributed by atoms with Crippen LogP contribution >= 0.6 is 11.8 Å². The van der Waals surface area contributed by atoms with Crippen molar-refractivity contribution in [2.45, 2.75) is 42.2 Å². The normalized spacial score (nSPS) is 14.2. The molecule has 1 amide bonds. The first-order valence-electron chi connectivity index (χ1n) is 9.75. The van der Waals surface area contributed by atoms with Gasteiger partial charge in [0.15, 0.2) is 0 Å². The van der Waals surface area contributed by atoms with Crippen LogP contribution in [0.1, 0.15) is 48.3 Å². The molecule has 0 saturated heterocycles. The average Bonchev–Trinajstić information content (AvgIpc) is 3.48. The molecule has 1 saturated carbocycles. The van der Waals surface area contributed by atoms with Crippen LogP contribution in [-0.2, 0) is 0 Å². The van der Waals surface area contributed by atoms with Crippen molar-refractivity contribution in [3.8, 4) is 11.8 Å². The Kier molecular flexibility index (Phi) is 5.68. The molecular formula is C23H22N4OS. The Hall–Kier alpha value is -3.04.